The van der Waals surface area contributed by atoms with E-state index in [1.54, 1.807) is 18.3 Å². The van der Waals surface area contributed by atoms with E-state index in [4.69, 9.17) is 5.73 Å². The minimum Gasteiger partial charge on any atom is -0.383 e. The summed E-state index contributed by atoms with van der Waals surface area (Å²) in [5.74, 6) is 0.761. The van der Waals surface area contributed by atoms with Crippen LogP contribution in [0.25, 0.3) is 22.3 Å². The molecule has 3 aromatic rings. The lowest BCUT2D eigenvalue weighted by Gasteiger charge is -2.18. The molecule has 1 amide bonds. The van der Waals surface area contributed by atoms with Gasteiger partial charge in [-0.05, 0) is 60.6 Å². The molecular formula is C23H23N5O3S. The summed E-state index contributed by atoms with van der Waals surface area (Å²) in [6.45, 7) is 1.07. The Kier molecular flexibility index (Phi) is 5.15. The summed E-state index contributed by atoms with van der Waals surface area (Å²) in [5.41, 5.74) is 10.9. The number of anilines is 1. The predicted octanol–water partition coefficient (Wildman–Crippen LogP) is 2.37. The van der Waals surface area contributed by atoms with Crippen molar-refractivity contribution in [2.24, 2.45) is 5.92 Å². The number of rotatable bonds is 6. The van der Waals surface area contributed by atoms with E-state index in [9.17, 15) is 13.2 Å². The summed E-state index contributed by atoms with van der Waals surface area (Å²) in [4.78, 5) is 20.5. The summed E-state index contributed by atoms with van der Waals surface area (Å²) in [6.07, 6.45) is 6.06. The fraction of sp³-hybridized carbons (Fsp3) is 0.261. The fourth-order valence-corrected chi connectivity index (χ4v) is 4.84. The number of nitrogens with zero attached hydrogens (tertiary/aromatic N) is 2. The molecule has 4 N–H and O–H groups in total. The number of nitrogen functional groups attached to an aromatic ring is 1. The molecule has 164 valence electrons. The Hall–Kier alpha value is -3.30. The fourth-order valence-electron chi connectivity index (χ4n) is 3.79. The Morgan fingerprint density at radius 2 is 1.78 bits per heavy atom. The standard InChI is InChI=1S/C23H23N5O3S/c24-22-20(15-3-5-19-16(9-15)7-8-25-23(19)29)10-18(13-27-22)17-4-6-21(26-12-17)32(30,31)28-11-14-1-2-14/h3-6,9-10,12-14,28H,1-2,7-8,11H2,(H2,24,27)(H,25,29). The van der Waals surface area contributed by atoms with Crippen LogP contribution in [0.3, 0.4) is 0 Å². The summed E-state index contributed by atoms with van der Waals surface area (Å²) in [6, 6.07) is 10.8. The molecule has 9 heteroatoms. The molecule has 1 saturated carbocycles. The molecule has 1 aliphatic carbocycles. The lowest BCUT2D eigenvalue weighted by atomic mass is 9.94. The highest BCUT2D eigenvalue weighted by Gasteiger charge is 2.25. The van der Waals surface area contributed by atoms with Crippen LogP contribution in [0, 0.1) is 5.92 Å². The van der Waals surface area contributed by atoms with Gasteiger partial charge in [0.1, 0.15) is 5.82 Å². The zero-order chi connectivity index (χ0) is 22.3. The van der Waals surface area contributed by atoms with Crippen LogP contribution in [0.15, 0.2) is 53.8 Å². The Morgan fingerprint density at radius 1 is 1.00 bits per heavy atom. The summed E-state index contributed by atoms with van der Waals surface area (Å²) in [5, 5.41) is 2.84. The second-order valence-electron chi connectivity index (χ2n) is 8.22. The number of nitrogens with two attached hydrogens (primary N) is 1. The van der Waals surface area contributed by atoms with Crippen molar-refractivity contribution in [2.75, 3.05) is 18.8 Å². The quantitative estimate of drug-likeness (QED) is 0.530. The summed E-state index contributed by atoms with van der Waals surface area (Å²) in [7, 11) is -3.61. The zero-order valence-corrected chi connectivity index (χ0v) is 18.2. The molecule has 0 unspecified atom stereocenters. The highest BCUT2D eigenvalue weighted by Crippen LogP contribution is 2.32. The number of aromatic nitrogens is 2. The number of fused-ring (bicyclic) bond motifs is 1. The van der Waals surface area contributed by atoms with Crippen LogP contribution in [-0.2, 0) is 16.4 Å². The molecule has 0 spiro atoms. The van der Waals surface area contributed by atoms with Gasteiger partial charge in [0.2, 0.25) is 0 Å². The van der Waals surface area contributed by atoms with Crippen molar-refractivity contribution < 1.29 is 13.2 Å². The average Bonchev–Trinajstić information content (AvgIpc) is 3.63. The monoisotopic (exact) mass is 449 g/mol. The Morgan fingerprint density at radius 3 is 2.53 bits per heavy atom. The van der Waals surface area contributed by atoms with E-state index >= 15 is 0 Å². The highest BCUT2D eigenvalue weighted by atomic mass is 32.2. The van der Waals surface area contributed by atoms with Crippen molar-refractivity contribution in [3.05, 3.63) is 59.9 Å². The first-order valence-corrected chi connectivity index (χ1v) is 12.0. The van der Waals surface area contributed by atoms with Gasteiger partial charge in [0.15, 0.2) is 5.03 Å². The van der Waals surface area contributed by atoms with Gasteiger partial charge in [-0.1, -0.05) is 12.1 Å². The van der Waals surface area contributed by atoms with Gasteiger partial charge >= 0.3 is 0 Å². The molecule has 32 heavy (non-hydrogen) atoms. The third-order valence-electron chi connectivity index (χ3n) is 5.86. The first-order chi connectivity index (χ1) is 15.4. The maximum Gasteiger partial charge on any atom is 0.258 e. The van der Waals surface area contributed by atoms with Gasteiger partial charge in [0, 0.05) is 47.7 Å². The summed E-state index contributed by atoms with van der Waals surface area (Å²) < 4.78 is 27.4. The van der Waals surface area contributed by atoms with Crippen LogP contribution >= 0.6 is 0 Å². The van der Waals surface area contributed by atoms with Crippen molar-refractivity contribution in [3.8, 4) is 22.3 Å². The maximum absolute atomic E-state index is 12.4. The first-order valence-electron chi connectivity index (χ1n) is 10.5. The van der Waals surface area contributed by atoms with Crippen molar-refractivity contribution in [1.82, 2.24) is 20.0 Å². The Balaban J connectivity index is 1.43. The normalized spacial score (nSPS) is 15.8. The van der Waals surface area contributed by atoms with E-state index in [1.165, 1.54) is 12.3 Å². The van der Waals surface area contributed by atoms with E-state index in [0.717, 1.165) is 47.1 Å². The van der Waals surface area contributed by atoms with E-state index in [-0.39, 0.29) is 10.9 Å². The van der Waals surface area contributed by atoms with Crippen LogP contribution in [-0.4, -0.2) is 37.4 Å². The van der Waals surface area contributed by atoms with Crippen LogP contribution in [0.5, 0.6) is 0 Å². The van der Waals surface area contributed by atoms with Gasteiger partial charge in [-0.25, -0.2) is 23.1 Å². The molecule has 3 heterocycles. The van der Waals surface area contributed by atoms with Crippen molar-refractivity contribution in [1.29, 1.82) is 0 Å². The second kappa shape index (κ2) is 7.99. The molecule has 8 nitrogen and oxygen atoms in total. The van der Waals surface area contributed by atoms with Crippen molar-refractivity contribution in [2.45, 2.75) is 24.3 Å². The van der Waals surface area contributed by atoms with Gasteiger partial charge < -0.3 is 11.1 Å². The van der Waals surface area contributed by atoms with Crippen LogP contribution in [0.4, 0.5) is 5.82 Å². The largest absolute Gasteiger partial charge is 0.383 e. The molecule has 1 aliphatic heterocycles. The number of nitrogens with one attached hydrogen (secondary N) is 2. The van der Waals surface area contributed by atoms with Gasteiger partial charge in [0.25, 0.3) is 15.9 Å². The average molecular weight is 450 g/mol. The Bertz CT molecular complexity index is 1300. The van der Waals surface area contributed by atoms with Gasteiger partial charge in [0.05, 0.1) is 0 Å². The maximum atomic E-state index is 12.4. The molecule has 0 atom stereocenters. The molecule has 0 radical (unpaired) electrons. The van der Waals surface area contributed by atoms with Crippen LogP contribution in [0.2, 0.25) is 0 Å². The lowest BCUT2D eigenvalue weighted by molar-refractivity contribution is 0.0946. The van der Waals surface area contributed by atoms with Gasteiger partial charge in [-0.15, -0.1) is 0 Å². The summed E-state index contributed by atoms with van der Waals surface area (Å²) >= 11 is 0. The Labute approximate surface area is 186 Å². The number of pyridine rings is 2. The molecule has 0 bridgehead atoms. The number of hydrogen-bond acceptors (Lipinski definition) is 6. The number of carbonyl (C=O) groups is 1. The minimum absolute atomic E-state index is 0.00140. The zero-order valence-electron chi connectivity index (χ0n) is 17.3. The van der Waals surface area contributed by atoms with E-state index in [2.05, 4.69) is 20.0 Å². The van der Waals surface area contributed by atoms with E-state index in [0.29, 0.717) is 30.4 Å². The smallest absolute Gasteiger partial charge is 0.258 e. The lowest BCUT2D eigenvalue weighted by Crippen LogP contribution is -2.31. The van der Waals surface area contributed by atoms with E-state index < -0.39 is 10.0 Å². The highest BCUT2D eigenvalue weighted by molar-refractivity contribution is 7.89. The molecule has 5 rings (SSSR count). The number of carbonyl (C=O) groups excluding carboxylic acids is 1. The minimum atomic E-state index is -3.61. The van der Waals surface area contributed by atoms with Crippen molar-refractivity contribution in [3.63, 3.8) is 0 Å². The number of sulfonamides is 1. The number of benzene rings is 1. The molecule has 1 fully saturated rings. The van der Waals surface area contributed by atoms with Crippen LogP contribution < -0.4 is 15.8 Å². The van der Waals surface area contributed by atoms with Crippen molar-refractivity contribution >= 4 is 21.7 Å². The number of hydrogen-bond donors (Lipinski definition) is 3. The molecule has 2 aliphatic rings. The van der Waals surface area contributed by atoms with Crippen LogP contribution in [0.1, 0.15) is 28.8 Å². The molecular weight excluding hydrogens is 426 g/mol. The third-order valence-corrected chi connectivity index (χ3v) is 7.20. The van der Waals surface area contributed by atoms with E-state index in [1.807, 2.05) is 18.2 Å². The third kappa shape index (κ3) is 4.09. The topological polar surface area (TPSA) is 127 Å². The SMILES string of the molecule is Nc1ncc(-c2ccc(S(=O)(=O)NCC3CC3)nc2)cc1-c1ccc2c(c1)CCNC2=O. The predicted molar refractivity (Wildman–Crippen MR) is 121 cm³/mol. The number of amides is 1. The molecule has 1 aromatic carbocycles. The second-order valence-corrected chi connectivity index (χ2v) is 9.93. The van der Waals surface area contributed by atoms with Gasteiger partial charge in [-0.2, -0.15) is 0 Å². The van der Waals surface area contributed by atoms with Gasteiger partial charge in [-0.3, -0.25) is 4.79 Å². The first kappa shape index (κ1) is 20.6. The molecule has 0 saturated heterocycles. The molecule has 2 aromatic heterocycles.